The molecule has 1 aliphatic heterocycles. The van der Waals surface area contributed by atoms with Crippen molar-refractivity contribution in [2.45, 2.75) is 18.9 Å². The van der Waals surface area contributed by atoms with Gasteiger partial charge in [-0.05, 0) is 37.6 Å². The molecule has 0 bridgehead atoms. The predicted octanol–water partition coefficient (Wildman–Crippen LogP) is 0.118. The highest BCUT2D eigenvalue weighted by molar-refractivity contribution is 7.91. The molecular formula is C15H20N2O5S. The molecule has 0 aliphatic carbocycles. The Morgan fingerprint density at radius 2 is 1.91 bits per heavy atom. The van der Waals surface area contributed by atoms with Gasteiger partial charge in [-0.15, -0.1) is 0 Å². The Morgan fingerprint density at radius 1 is 1.26 bits per heavy atom. The van der Waals surface area contributed by atoms with Crippen molar-refractivity contribution >= 4 is 21.7 Å². The smallest absolute Gasteiger partial charge is 0.258 e. The van der Waals surface area contributed by atoms with Gasteiger partial charge in [0.25, 0.3) is 11.8 Å². The maximum absolute atomic E-state index is 11.9. The number of rotatable bonds is 5. The second-order valence-electron chi connectivity index (χ2n) is 5.84. The van der Waals surface area contributed by atoms with Gasteiger partial charge in [-0.2, -0.15) is 0 Å². The Morgan fingerprint density at radius 3 is 2.43 bits per heavy atom. The monoisotopic (exact) mass is 340 g/mol. The summed E-state index contributed by atoms with van der Waals surface area (Å²) in [5.74, 6) is -0.0836. The van der Waals surface area contributed by atoms with Crippen LogP contribution in [0, 0.1) is 0 Å². The first-order valence-electron chi connectivity index (χ1n) is 7.19. The average molecular weight is 340 g/mol. The Hall–Kier alpha value is -2.09. The van der Waals surface area contributed by atoms with Crippen LogP contribution in [0.4, 0.5) is 0 Å². The lowest BCUT2D eigenvalue weighted by atomic mass is 10.0. The van der Waals surface area contributed by atoms with Crippen molar-refractivity contribution < 1.29 is 22.7 Å². The van der Waals surface area contributed by atoms with Crippen molar-refractivity contribution in [3.05, 3.63) is 29.8 Å². The fraction of sp³-hybridized carbons (Fsp3) is 0.467. The minimum atomic E-state index is -3.08. The molecule has 7 nitrogen and oxygen atoms in total. The van der Waals surface area contributed by atoms with Gasteiger partial charge in [0.05, 0.1) is 17.0 Å². The number of hydrogen-bond acceptors (Lipinski definition) is 5. The van der Waals surface area contributed by atoms with E-state index in [2.05, 4.69) is 10.6 Å². The van der Waals surface area contributed by atoms with Crippen molar-refractivity contribution in [3.63, 3.8) is 0 Å². The summed E-state index contributed by atoms with van der Waals surface area (Å²) in [5, 5.41) is 5.22. The largest absolute Gasteiger partial charge is 0.484 e. The summed E-state index contributed by atoms with van der Waals surface area (Å²) in [7, 11) is -1.53. The third-order valence-corrected chi connectivity index (χ3v) is 5.56. The van der Waals surface area contributed by atoms with Crippen LogP contribution in [0.2, 0.25) is 0 Å². The van der Waals surface area contributed by atoms with Gasteiger partial charge in [-0.1, -0.05) is 0 Å². The van der Waals surface area contributed by atoms with E-state index in [9.17, 15) is 18.0 Å². The first-order valence-corrected chi connectivity index (χ1v) is 9.02. The highest BCUT2D eigenvalue weighted by Gasteiger charge is 2.39. The quantitative estimate of drug-likeness (QED) is 0.793. The molecule has 1 aromatic rings. The van der Waals surface area contributed by atoms with Crippen molar-refractivity contribution in [3.8, 4) is 5.75 Å². The Kier molecular flexibility index (Phi) is 4.93. The van der Waals surface area contributed by atoms with Crippen LogP contribution in [0.15, 0.2) is 24.3 Å². The number of ether oxygens (including phenoxy) is 1. The molecule has 1 atom stereocenters. The standard InChI is InChI=1S/C15H20N2O5S/c1-15(7-8-23(20,21)10-15)17-13(18)9-22-12-5-3-11(4-6-12)14(19)16-2/h3-6H,7-10H2,1-2H3,(H,16,19)(H,17,18)/t15-/m1/s1. The van der Waals surface area contributed by atoms with Gasteiger partial charge in [0.2, 0.25) is 0 Å². The molecular weight excluding hydrogens is 320 g/mol. The van der Waals surface area contributed by atoms with Gasteiger partial charge in [-0.25, -0.2) is 8.42 Å². The van der Waals surface area contributed by atoms with E-state index >= 15 is 0 Å². The summed E-state index contributed by atoms with van der Waals surface area (Å²) < 4.78 is 28.4. The van der Waals surface area contributed by atoms with Gasteiger partial charge >= 0.3 is 0 Å². The van der Waals surface area contributed by atoms with Crippen LogP contribution in [0.5, 0.6) is 5.75 Å². The molecule has 8 heteroatoms. The number of hydrogen-bond donors (Lipinski definition) is 2. The lowest BCUT2D eigenvalue weighted by Crippen LogP contribution is -2.48. The van der Waals surface area contributed by atoms with Gasteiger partial charge < -0.3 is 15.4 Å². The van der Waals surface area contributed by atoms with E-state index in [0.717, 1.165) is 0 Å². The zero-order valence-corrected chi connectivity index (χ0v) is 13.9. The summed E-state index contributed by atoms with van der Waals surface area (Å²) in [6, 6.07) is 6.38. The Balaban J connectivity index is 1.86. The van der Waals surface area contributed by atoms with E-state index in [1.165, 1.54) is 0 Å². The van der Waals surface area contributed by atoms with E-state index < -0.39 is 15.4 Å². The molecule has 23 heavy (non-hydrogen) atoms. The highest BCUT2D eigenvalue weighted by Crippen LogP contribution is 2.22. The molecule has 126 valence electrons. The zero-order valence-electron chi connectivity index (χ0n) is 13.1. The Labute approximate surface area is 135 Å². The molecule has 0 saturated carbocycles. The van der Waals surface area contributed by atoms with Gasteiger partial charge in [-0.3, -0.25) is 9.59 Å². The third kappa shape index (κ3) is 4.69. The molecule has 2 N–H and O–H groups in total. The van der Waals surface area contributed by atoms with E-state index in [1.807, 2.05) is 0 Å². The van der Waals surface area contributed by atoms with Crippen LogP contribution in [-0.4, -0.2) is 50.9 Å². The fourth-order valence-electron chi connectivity index (χ4n) is 2.48. The maximum Gasteiger partial charge on any atom is 0.258 e. The van der Waals surface area contributed by atoms with Crippen LogP contribution in [0.3, 0.4) is 0 Å². The summed E-state index contributed by atoms with van der Waals surface area (Å²) in [6.07, 6.45) is 0.405. The molecule has 0 spiro atoms. The summed E-state index contributed by atoms with van der Waals surface area (Å²) >= 11 is 0. The molecule has 1 aromatic carbocycles. The summed E-state index contributed by atoms with van der Waals surface area (Å²) in [5.41, 5.74) is -0.240. The predicted molar refractivity (Wildman–Crippen MR) is 85.1 cm³/mol. The minimum absolute atomic E-state index is 0.0490. The SMILES string of the molecule is CNC(=O)c1ccc(OCC(=O)N[C@]2(C)CCS(=O)(=O)C2)cc1. The van der Waals surface area contributed by atoms with Crippen molar-refractivity contribution in [1.82, 2.24) is 10.6 Å². The molecule has 0 unspecified atom stereocenters. The van der Waals surface area contributed by atoms with Crippen LogP contribution in [-0.2, 0) is 14.6 Å². The summed E-state index contributed by atoms with van der Waals surface area (Å²) in [6.45, 7) is 1.50. The molecule has 1 aliphatic rings. The normalized spacial score (nSPS) is 22.3. The number of carbonyl (C=O) groups is 2. The van der Waals surface area contributed by atoms with Gasteiger partial charge in [0, 0.05) is 12.6 Å². The van der Waals surface area contributed by atoms with Crippen LogP contribution < -0.4 is 15.4 Å². The molecule has 1 saturated heterocycles. The second-order valence-corrected chi connectivity index (χ2v) is 8.03. The number of sulfone groups is 1. The van der Waals surface area contributed by atoms with Gasteiger partial charge in [0.15, 0.2) is 16.4 Å². The number of amides is 2. The van der Waals surface area contributed by atoms with Gasteiger partial charge in [0.1, 0.15) is 5.75 Å². The first kappa shape index (κ1) is 17.3. The van der Waals surface area contributed by atoms with Crippen molar-refractivity contribution in [2.75, 3.05) is 25.2 Å². The van der Waals surface area contributed by atoms with Crippen molar-refractivity contribution in [2.24, 2.45) is 0 Å². The maximum atomic E-state index is 11.9. The first-order chi connectivity index (χ1) is 10.7. The van der Waals surface area contributed by atoms with Crippen LogP contribution in [0.25, 0.3) is 0 Å². The van der Waals surface area contributed by atoms with Crippen molar-refractivity contribution in [1.29, 1.82) is 0 Å². The molecule has 2 rings (SSSR count). The summed E-state index contributed by atoms with van der Waals surface area (Å²) in [4.78, 5) is 23.3. The van der Waals surface area contributed by atoms with Crippen LogP contribution in [0.1, 0.15) is 23.7 Å². The van der Waals surface area contributed by atoms with E-state index in [-0.39, 0.29) is 29.9 Å². The van der Waals surface area contributed by atoms with E-state index in [1.54, 1.807) is 38.2 Å². The average Bonchev–Trinajstić information content (AvgIpc) is 2.78. The Bertz CT molecular complexity index is 699. The molecule has 0 aromatic heterocycles. The lowest BCUT2D eigenvalue weighted by molar-refractivity contribution is -0.124. The topological polar surface area (TPSA) is 102 Å². The lowest BCUT2D eigenvalue weighted by Gasteiger charge is -2.23. The number of nitrogens with one attached hydrogen (secondary N) is 2. The van der Waals surface area contributed by atoms with E-state index in [0.29, 0.717) is 17.7 Å². The minimum Gasteiger partial charge on any atom is -0.484 e. The number of carbonyl (C=O) groups excluding carboxylic acids is 2. The molecule has 1 fully saturated rings. The molecule has 1 heterocycles. The molecule has 2 amide bonds. The third-order valence-electron chi connectivity index (χ3n) is 3.66. The molecule has 0 radical (unpaired) electrons. The highest BCUT2D eigenvalue weighted by atomic mass is 32.2. The zero-order chi connectivity index (χ0) is 17.1. The number of benzene rings is 1. The fourth-order valence-corrected chi connectivity index (χ4v) is 4.57. The second kappa shape index (κ2) is 6.57. The van der Waals surface area contributed by atoms with Crippen LogP contribution >= 0.6 is 0 Å². The van der Waals surface area contributed by atoms with E-state index in [4.69, 9.17) is 4.74 Å².